The summed E-state index contributed by atoms with van der Waals surface area (Å²) in [6.07, 6.45) is 0.447. The maximum Gasteiger partial charge on any atom is 0.0995 e. The van der Waals surface area contributed by atoms with Gasteiger partial charge >= 0.3 is 0 Å². The number of hydrogen-bond acceptors (Lipinski definition) is 4. The molecule has 17 heavy (non-hydrogen) atoms. The van der Waals surface area contributed by atoms with Gasteiger partial charge in [-0.15, -0.1) is 0 Å². The van der Waals surface area contributed by atoms with E-state index >= 15 is 0 Å². The summed E-state index contributed by atoms with van der Waals surface area (Å²) >= 11 is 0. The highest BCUT2D eigenvalue weighted by Gasteiger charge is 2.40. The Balaban J connectivity index is 2.06. The Morgan fingerprint density at radius 2 is 2.29 bits per heavy atom. The molecule has 3 atom stereocenters. The molecule has 1 fully saturated rings. The molecule has 0 aromatic heterocycles. The third kappa shape index (κ3) is 1.55. The van der Waals surface area contributed by atoms with Crippen molar-refractivity contribution in [2.45, 2.75) is 31.2 Å². The van der Waals surface area contributed by atoms with E-state index in [2.05, 4.69) is 11.0 Å². The number of nitriles is 1. The zero-order valence-corrected chi connectivity index (χ0v) is 9.50. The number of aliphatic hydroxyl groups is 1. The molecule has 2 aliphatic heterocycles. The second-order valence-corrected chi connectivity index (χ2v) is 4.90. The Bertz CT molecular complexity index is 494. The second kappa shape index (κ2) is 3.81. The zero-order valence-electron chi connectivity index (χ0n) is 9.50. The molecular weight excluding hydrogens is 214 g/mol. The van der Waals surface area contributed by atoms with Gasteiger partial charge in [-0.2, -0.15) is 5.26 Å². The lowest BCUT2D eigenvalue weighted by Crippen LogP contribution is -2.42. The monoisotopic (exact) mass is 229 g/mol. The molecule has 0 radical (unpaired) electrons. The Morgan fingerprint density at radius 1 is 1.47 bits per heavy atom. The van der Waals surface area contributed by atoms with Gasteiger partial charge in [0, 0.05) is 25.2 Å². The first-order valence-electron chi connectivity index (χ1n) is 5.90. The van der Waals surface area contributed by atoms with E-state index in [1.165, 1.54) is 0 Å². The highest BCUT2D eigenvalue weighted by atomic mass is 16.3. The summed E-state index contributed by atoms with van der Waals surface area (Å²) in [7, 11) is 0. The highest BCUT2D eigenvalue weighted by Crippen LogP contribution is 2.37. The molecule has 1 saturated heterocycles. The van der Waals surface area contributed by atoms with Crippen LogP contribution in [0.25, 0.3) is 0 Å². The first kappa shape index (κ1) is 10.7. The van der Waals surface area contributed by atoms with Crippen LogP contribution in [0.2, 0.25) is 0 Å². The lowest BCUT2D eigenvalue weighted by Gasteiger charge is -2.36. The molecule has 3 rings (SSSR count). The van der Waals surface area contributed by atoms with Gasteiger partial charge in [0.2, 0.25) is 0 Å². The van der Waals surface area contributed by atoms with Crippen LogP contribution in [-0.2, 0) is 6.54 Å². The van der Waals surface area contributed by atoms with Crippen LogP contribution in [-0.4, -0.2) is 28.7 Å². The number of nitrogens with two attached hydrogens (primary N) is 1. The number of aliphatic hydroxyl groups excluding tert-OH is 1. The maximum atomic E-state index is 9.72. The minimum atomic E-state index is -0.286. The molecule has 0 amide bonds. The fraction of sp³-hybridized carbons (Fsp3) is 0.462. The fourth-order valence-electron chi connectivity index (χ4n) is 3.07. The Labute approximate surface area is 100 Å². The van der Waals surface area contributed by atoms with Crippen LogP contribution in [0, 0.1) is 11.3 Å². The predicted molar refractivity (Wildman–Crippen MR) is 62.9 cm³/mol. The van der Waals surface area contributed by atoms with E-state index in [0.29, 0.717) is 12.1 Å². The van der Waals surface area contributed by atoms with Crippen molar-refractivity contribution in [3.8, 4) is 6.07 Å². The van der Waals surface area contributed by atoms with E-state index in [9.17, 15) is 5.11 Å². The van der Waals surface area contributed by atoms with Gasteiger partial charge in [0.1, 0.15) is 0 Å². The maximum absolute atomic E-state index is 9.72. The SMILES string of the molecule is N#Cc1cccc2c1CN1CC(O)CC1C2N. The first-order valence-corrected chi connectivity index (χ1v) is 5.90. The van der Waals surface area contributed by atoms with Gasteiger partial charge in [-0.05, 0) is 23.6 Å². The van der Waals surface area contributed by atoms with Crippen molar-refractivity contribution in [3.63, 3.8) is 0 Å². The normalized spacial score (nSPS) is 31.7. The number of rotatable bonds is 0. The average molecular weight is 229 g/mol. The summed E-state index contributed by atoms with van der Waals surface area (Å²) in [6.45, 7) is 1.39. The Kier molecular flexibility index (Phi) is 2.40. The molecule has 0 spiro atoms. The highest BCUT2D eigenvalue weighted by molar-refractivity contribution is 5.46. The lowest BCUT2D eigenvalue weighted by molar-refractivity contribution is 0.166. The molecule has 0 bridgehead atoms. The Morgan fingerprint density at radius 3 is 3.06 bits per heavy atom. The molecule has 0 aliphatic carbocycles. The van der Waals surface area contributed by atoms with E-state index in [1.54, 1.807) is 0 Å². The smallest absolute Gasteiger partial charge is 0.0995 e. The molecule has 2 heterocycles. The van der Waals surface area contributed by atoms with E-state index in [1.807, 2.05) is 18.2 Å². The number of benzene rings is 1. The lowest BCUT2D eigenvalue weighted by atomic mass is 9.87. The molecule has 4 nitrogen and oxygen atoms in total. The standard InChI is InChI=1S/C13H15N3O/c14-5-8-2-1-3-10-11(8)7-16-6-9(17)4-12(16)13(10)15/h1-3,9,12-13,17H,4,6-7,15H2. The topological polar surface area (TPSA) is 73.3 Å². The van der Waals surface area contributed by atoms with Crippen LogP contribution in [0.3, 0.4) is 0 Å². The third-order valence-electron chi connectivity index (χ3n) is 3.90. The van der Waals surface area contributed by atoms with E-state index < -0.39 is 0 Å². The fourth-order valence-corrected chi connectivity index (χ4v) is 3.07. The van der Waals surface area contributed by atoms with Crippen LogP contribution in [0.5, 0.6) is 0 Å². The average Bonchev–Trinajstić information content (AvgIpc) is 2.70. The summed E-state index contributed by atoms with van der Waals surface area (Å²) in [5.74, 6) is 0. The molecule has 3 unspecified atom stereocenters. The van der Waals surface area contributed by atoms with Gasteiger partial charge in [0.25, 0.3) is 0 Å². The van der Waals surface area contributed by atoms with Gasteiger partial charge in [0.05, 0.1) is 17.7 Å². The largest absolute Gasteiger partial charge is 0.392 e. The van der Waals surface area contributed by atoms with Crippen molar-refractivity contribution in [2.24, 2.45) is 5.73 Å². The molecule has 0 saturated carbocycles. The van der Waals surface area contributed by atoms with Crippen molar-refractivity contribution in [1.29, 1.82) is 5.26 Å². The molecule has 88 valence electrons. The number of hydrogen-bond donors (Lipinski definition) is 2. The van der Waals surface area contributed by atoms with Crippen molar-refractivity contribution < 1.29 is 5.11 Å². The van der Waals surface area contributed by atoms with Crippen LogP contribution in [0.1, 0.15) is 29.2 Å². The second-order valence-electron chi connectivity index (χ2n) is 4.90. The molecule has 1 aromatic rings. The quantitative estimate of drug-likeness (QED) is 0.679. The summed E-state index contributed by atoms with van der Waals surface area (Å²) in [5, 5.41) is 18.8. The van der Waals surface area contributed by atoms with Crippen LogP contribution in [0.15, 0.2) is 18.2 Å². The van der Waals surface area contributed by atoms with E-state index in [-0.39, 0.29) is 18.2 Å². The predicted octanol–water partition coefficient (Wildman–Crippen LogP) is 0.507. The van der Waals surface area contributed by atoms with Crippen LogP contribution in [0.4, 0.5) is 0 Å². The summed E-state index contributed by atoms with van der Waals surface area (Å²) < 4.78 is 0. The third-order valence-corrected chi connectivity index (χ3v) is 3.90. The van der Waals surface area contributed by atoms with Gasteiger partial charge < -0.3 is 10.8 Å². The van der Waals surface area contributed by atoms with Crippen LogP contribution < -0.4 is 5.73 Å². The minimum absolute atomic E-state index is 0.0933. The summed E-state index contributed by atoms with van der Waals surface area (Å²) in [5.41, 5.74) is 9.07. The summed E-state index contributed by atoms with van der Waals surface area (Å²) in [4.78, 5) is 2.19. The number of fused-ring (bicyclic) bond motifs is 2. The van der Waals surface area contributed by atoms with Crippen molar-refractivity contribution in [2.75, 3.05) is 6.54 Å². The Hall–Kier alpha value is -1.41. The number of nitrogens with zero attached hydrogens (tertiary/aromatic N) is 2. The van der Waals surface area contributed by atoms with Crippen molar-refractivity contribution in [3.05, 3.63) is 34.9 Å². The van der Waals surface area contributed by atoms with Crippen molar-refractivity contribution >= 4 is 0 Å². The van der Waals surface area contributed by atoms with Gasteiger partial charge in [-0.25, -0.2) is 0 Å². The van der Waals surface area contributed by atoms with Gasteiger partial charge in [-0.1, -0.05) is 12.1 Å². The van der Waals surface area contributed by atoms with Gasteiger partial charge in [0.15, 0.2) is 0 Å². The zero-order chi connectivity index (χ0) is 12.0. The first-order chi connectivity index (χ1) is 8.20. The molecule has 1 aromatic carbocycles. The molecule has 2 aliphatic rings. The van der Waals surface area contributed by atoms with E-state index in [0.717, 1.165) is 24.1 Å². The van der Waals surface area contributed by atoms with Crippen LogP contribution >= 0.6 is 0 Å². The minimum Gasteiger partial charge on any atom is -0.392 e. The molecular formula is C13H15N3O. The van der Waals surface area contributed by atoms with Crippen molar-refractivity contribution in [1.82, 2.24) is 4.90 Å². The van der Waals surface area contributed by atoms with Gasteiger partial charge in [-0.3, -0.25) is 4.90 Å². The molecule has 3 N–H and O–H groups in total. The van der Waals surface area contributed by atoms with E-state index in [4.69, 9.17) is 11.0 Å². The molecule has 4 heteroatoms. The summed E-state index contributed by atoms with van der Waals surface area (Å²) in [6, 6.07) is 8.06.